The monoisotopic (exact) mass is 218 g/mol. The minimum absolute atomic E-state index is 0.351. The summed E-state index contributed by atoms with van der Waals surface area (Å²) >= 11 is 0. The zero-order valence-electron chi connectivity index (χ0n) is 10.1. The van der Waals surface area contributed by atoms with E-state index < -0.39 is 0 Å². The van der Waals surface area contributed by atoms with Gasteiger partial charge in [-0.15, -0.1) is 0 Å². The van der Waals surface area contributed by atoms with Crippen LogP contribution in [0, 0.1) is 18.3 Å². The second-order valence-electron chi connectivity index (χ2n) is 4.41. The molecule has 3 heteroatoms. The molecule has 3 nitrogen and oxygen atoms in total. The highest BCUT2D eigenvalue weighted by molar-refractivity contribution is 5.45. The van der Waals surface area contributed by atoms with Crippen LogP contribution < -0.4 is 10.5 Å². The SMILES string of the molecule is CCC(C)(N)COc1cc(C)ccc1C#N. The molecular formula is C13H18N2O. The maximum absolute atomic E-state index is 8.93. The summed E-state index contributed by atoms with van der Waals surface area (Å²) in [6, 6.07) is 7.64. The van der Waals surface area contributed by atoms with Crippen LogP contribution in [0.5, 0.6) is 5.75 Å². The van der Waals surface area contributed by atoms with Crippen molar-refractivity contribution < 1.29 is 4.74 Å². The number of rotatable bonds is 4. The first-order chi connectivity index (χ1) is 7.48. The number of nitrogens with two attached hydrogens (primary N) is 1. The van der Waals surface area contributed by atoms with Crippen LogP contribution in [0.1, 0.15) is 31.4 Å². The normalized spacial score (nSPS) is 13.9. The van der Waals surface area contributed by atoms with Crippen molar-refractivity contribution in [3.63, 3.8) is 0 Å². The zero-order valence-corrected chi connectivity index (χ0v) is 10.1. The summed E-state index contributed by atoms with van der Waals surface area (Å²) in [5.41, 5.74) is 7.26. The molecule has 0 aliphatic carbocycles. The Bertz CT molecular complexity index is 405. The average molecular weight is 218 g/mol. The molecule has 0 aliphatic heterocycles. The van der Waals surface area contributed by atoms with Crippen LogP contribution in [0.25, 0.3) is 0 Å². The first kappa shape index (κ1) is 12.5. The topological polar surface area (TPSA) is 59.0 Å². The standard InChI is InChI=1S/C13H18N2O/c1-4-13(3,15)9-16-12-7-10(2)5-6-11(12)8-14/h5-7H,4,9,15H2,1-3H3. The third-order valence-electron chi connectivity index (χ3n) is 2.62. The van der Waals surface area contributed by atoms with E-state index in [-0.39, 0.29) is 5.54 Å². The lowest BCUT2D eigenvalue weighted by molar-refractivity contribution is 0.225. The van der Waals surface area contributed by atoms with Gasteiger partial charge in [0.25, 0.3) is 0 Å². The summed E-state index contributed by atoms with van der Waals surface area (Å²) < 4.78 is 5.62. The Labute approximate surface area is 96.8 Å². The van der Waals surface area contributed by atoms with Crippen molar-refractivity contribution in [2.24, 2.45) is 5.73 Å². The zero-order chi connectivity index (χ0) is 12.2. The molecule has 0 aromatic heterocycles. The second kappa shape index (κ2) is 5.00. The van der Waals surface area contributed by atoms with Crippen LogP contribution >= 0.6 is 0 Å². The number of nitriles is 1. The molecule has 86 valence electrons. The molecule has 1 unspecified atom stereocenters. The van der Waals surface area contributed by atoms with Crippen LogP contribution in [0.15, 0.2) is 18.2 Å². The predicted octanol–water partition coefficient (Wildman–Crippen LogP) is 2.37. The number of hydrogen-bond donors (Lipinski definition) is 1. The van der Waals surface area contributed by atoms with Gasteiger partial charge in [0, 0.05) is 5.54 Å². The molecule has 0 saturated heterocycles. The van der Waals surface area contributed by atoms with E-state index >= 15 is 0 Å². The van der Waals surface area contributed by atoms with Crippen molar-refractivity contribution in [1.29, 1.82) is 5.26 Å². The van der Waals surface area contributed by atoms with E-state index in [0.29, 0.717) is 17.9 Å². The van der Waals surface area contributed by atoms with Crippen molar-refractivity contribution in [1.82, 2.24) is 0 Å². The molecule has 1 aromatic carbocycles. The van der Waals surface area contributed by atoms with Crippen LogP contribution in [-0.2, 0) is 0 Å². The molecule has 0 amide bonds. The third-order valence-corrected chi connectivity index (χ3v) is 2.62. The highest BCUT2D eigenvalue weighted by Gasteiger charge is 2.17. The first-order valence-electron chi connectivity index (χ1n) is 5.41. The highest BCUT2D eigenvalue weighted by atomic mass is 16.5. The molecule has 2 N–H and O–H groups in total. The van der Waals surface area contributed by atoms with Gasteiger partial charge in [0.1, 0.15) is 18.4 Å². The molecule has 0 aliphatic rings. The number of ether oxygens (including phenoxy) is 1. The van der Waals surface area contributed by atoms with E-state index in [1.807, 2.05) is 32.9 Å². The molecular weight excluding hydrogens is 200 g/mol. The van der Waals surface area contributed by atoms with Gasteiger partial charge in [-0.25, -0.2) is 0 Å². The molecule has 0 saturated carbocycles. The number of aryl methyl sites for hydroxylation is 1. The Hall–Kier alpha value is -1.53. The molecule has 0 bridgehead atoms. The van der Waals surface area contributed by atoms with Crippen molar-refractivity contribution in [3.8, 4) is 11.8 Å². The predicted molar refractivity (Wildman–Crippen MR) is 64.3 cm³/mol. The molecule has 0 fully saturated rings. The van der Waals surface area contributed by atoms with E-state index in [1.54, 1.807) is 6.07 Å². The fourth-order valence-corrected chi connectivity index (χ4v) is 1.19. The summed E-state index contributed by atoms with van der Waals surface area (Å²) in [6.45, 7) is 6.34. The summed E-state index contributed by atoms with van der Waals surface area (Å²) in [5.74, 6) is 0.618. The van der Waals surface area contributed by atoms with Gasteiger partial charge in [0.2, 0.25) is 0 Å². The van der Waals surface area contributed by atoms with Gasteiger partial charge in [-0.2, -0.15) is 5.26 Å². The smallest absolute Gasteiger partial charge is 0.137 e. The van der Waals surface area contributed by atoms with Gasteiger partial charge >= 0.3 is 0 Å². The van der Waals surface area contributed by atoms with E-state index in [4.69, 9.17) is 15.7 Å². The number of benzene rings is 1. The van der Waals surface area contributed by atoms with Crippen molar-refractivity contribution in [2.75, 3.05) is 6.61 Å². The maximum Gasteiger partial charge on any atom is 0.137 e. The fraction of sp³-hybridized carbons (Fsp3) is 0.462. The molecule has 0 radical (unpaired) electrons. The molecule has 0 heterocycles. The molecule has 1 aromatic rings. The van der Waals surface area contributed by atoms with Crippen LogP contribution in [0.3, 0.4) is 0 Å². The van der Waals surface area contributed by atoms with E-state index in [1.165, 1.54) is 0 Å². The molecule has 1 rings (SSSR count). The lowest BCUT2D eigenvalue weighted by Crippen LogP contribution is -2.41. The fourth-order valence-electron chi connectivity index (χ4n) is 1.19. The summed E-state index contributed by atoms with van der Waals surface area (Å²) in [7, 11) is 0. The maximum atomic E-state index is 8.93. The Balaban J connectivity index is 2.81. The summed E-state index contributed by atoms with van der Waals surface area (Å²) in [6.07, 6.45) is 0.834. The van der Waals surface area contributed by atoms with Crippen LogP contribution in [-0.4, -0.2) is 12.1 Å². The summed E-state index contributed by atoms with van der Waals surface area (Å²) in [5, 5.41) is 8.93. The van der Waals surface area contributed by atoms with Gasteiger partial charge in [-0.05, 0) is 38.0 Å². The van der Waals surface area contributed by atoms with Gasteiger partial charge in [0.15, 0.2) is 0 Å². The van der Waals surface area contributed by atoms with Crippen molar-refractivity contribution >= 4 is 0 Å². The number of nitrogens with zero attached hydrogens (tertiary/aromatic N) is 1. The Morgan fingerprint density at radius 2 is 2.19 bits per heavy atom. The Morgan fingerprint density at radius 3 is 2.75 bits per heavy atom. The number of hydrogen-bond acceptors (Lipinski definition) is 3. The second-order valence-corrected chi connectivity index (χ2v) is 4.41. The molecule has 16 heavy (non-hydrogen) atoms. The van der Waals surface area contributed by atoms with Gasteiger partial charge in [0.05, 0.1) is 5.56 Å². The van der Waals surface area contributed by atoms with Crippen LogP contribution in [0.2, 0.25) is 0 Å². The lowest BCUT2D eigenvalue weighted by Gasteiger charge is -2.23. The molecule has 0 spiro atoms. The minimum atomic E-state index is -0.351. The van der Waals surface area contributed by atoms with Crippen molar-refractivity contribution in [2.45, 2.75) is 32.7 Å². The first-order valence-corrected chi connectivity index (χ1v) is 5.41. The van der Waals surface area contributed by atoms with E-state index in [2.05, 4.69) is 6.07 Å². The lowest BCUT2D eigenvalue weighted by atomic mass is 10.0. The minimum Gasteiger partial charge on any atom is -0.490 e. The van der Waals surface area contributed by atoms with Gasteiger partial charge in [-0.1, -0.05) is 13.0 Å². The third kappa shape index (κ3) is 3.25. The van der Waals surface area contributed by atoms with E-state index in [9.17, 15) is 0 Å². The van der Waals surface area contributed by atoms with Gasteiger partial charge < -0.3 is 10.5 Å². The van der Waals surface area contributed by atoms with E-state index in [0.717, 1.165) is 12.0 Å². The quantitative estimate of drug-likeness (QED) is 0.844. The molecule has 1 atom stereocenters. The average Bonchev–Trinajstić information content (AvgIpc) is 2.27. The van der Waals surface area contributed by atoms with Gasteiger partial charge in [-0.3, -0.25) is 0 Å². The Morgan fingerprint density at radius 1 is 1.50 bits per heavy atom. The Kier molecular flexibility index (Phi) is 3.92. The largest absolute Gasteiger partial charge is 0.490 e. The van der Waals surface area contributed by atoms with Crippen molar-refractivity contribution in [3.05, 3.63) is 29.3 Å². The highest BCUT2D eigenvalue weighted by Crippen LogP contribution is 2.20. The summed E-state index contributed by atoms with van der Waals surface area (Å²) in [4.78, 5) is 0. The van der Waals surface area contributed by atoms with Crippen LogP contribution in [0.4, 0.5) is 0 Å².